The van der Waals surface area contributed by atoms with Crippen LogP contribution in [0.4, 0.5) is 0 Å². The predicted molar refractivity (Wildman–Crippen MR) is 59.9 cm³/mol. The summed E-state index contributed by atoms with van der Waals surface area (Å²) in [7, 11) is 2.14. The second-order valence-electron chi connectivity index (χ2n) is 3.83. The Bertz CT molecular complexity index is 132. The molecule has 0 radical (unpaired) electrons. The van der Waals surface area contributed by atoms with Gasteiger partial charge in [0.05, 0.1) is 0 Å². The molecule has 0 aromatic carbocycles. The highest BCUT2D eigenvalue weighted by Gasteiger charge is 2.01. The summed E-state index contributed by atoms with van der Waals surface area (Å²) in [5, 5.41) is 0. The third kappa shape index (κ3) is 6.74. The van der Waals surface area contributed by atoms with E-state index in [9.17, 15) is 0 Å². The Hall–Kier alpha value is 0.0500. The van der Waals surface area contributed by atoms with E-state index in [0.29, 0.717) is 0 Å². The fraction of sp³-hybridized carbons (Fsp3) is 0.800. The molecule has 0 fully saturated rings. The first-order chi connectivity index (χ1) is 5.56. The lowest BCUT2D eigenvalue weighted by atomic mass is 10.1. The maximum Gasteiger partial charge on any atom is 0.0195 e. The van der Waals surface area contributed by atoms with Gasteiger partial charge in [0, 0.05) is 12.3 Å². The van der Waals surface area contributed by atoms with Crippen LogP contribution in [0.3, 0.4) is 0 Å². The van der Waals surface area contributed by atoms with E-state index in [4.69, 9.17) is 0 Å². The predicted octanol–water partition coefficient (Wildman–Crippen LogP) is 2.45. The molecular weight excluding hydrogens is 166 g/mol. The molecule has 1 nitrogen and oxygen atoms in total. The minimum atomic E-state index is 0.789. The summed E-state index contributed by atoms with van der Waals surface area (Å²) in [5.74, 6) is 1.59. The minimum Gasteiger partial charge on any atom is -0.302 e. The van der Waals surface area contributed by atoms with Crippen LogP contribution in [0.2, 0.25) is 0 Å². The van der Waals surface area contributed by atoms with Crippen molar-refractivity contribution >= 4 is 12.6 Å². The topological polar surface area (TPSA) is 3.24 Å². The van der Waals surface area contributed by atoms with E-state index in [-0.39, 0.29) is 0 Å². The van der Waals surface area contributed by atoms with Gasteiger partial charge in [0.15, 0.2) is 0 Å². The van der Waals surface area contributed by atoms with Crippen LogP contribution in [0.25, 0.3) is 0 Å². The standard InChI is InChI=1S/C10H21NS/c1-9(2)5-6-11(4)7-10(3)8-12/h9,12H,3,5-8H2,1-2,4H3. The highest BCUT2D eigenvalue weighted by Crippen LogP contribution is 2.02. The molecule has 0 N–H and O–H groups in total. The average Bonchev–Trinajstić information content (AvgIpc) is 2.00. The van der Waals surface area contributed by atoms with Crippen molar-refractivity contribution < 1.29 is 0 Å². The molecule has 0 amide bonds. The number of hydrogen-bond donors (Lipinski definition) is 1. The molecule has 0 unspecified atom stereocenters. The van der Waals surface area contributed by atoms with E-state index in [1.807, 2.05) is 0 Å². The molecule has 0 aliphatic rings. The molecule has 0 saturated carbocycles. The van der Waals surface area contributed by atoms with Crippen molar-refractivity contribution in [2.75, 3.05) is 25.9 Å². The summed E-state index contributed by atoms with van der Waals surface area (Å²) in [6.07, 6.45) is 1.26. The van der Waals surface area contributed by atoms with Crippen LogP contribution >= 0.6 is 12.6 Å². The molecule has 72 valence electrons. The Balaban J connectivity index is 3.45. The van der Waals surface area contributed by atoms with Crippen molar-refractivity contribution in [2.24, 2.45) is 5.92 Å². The van der Waals surface area contributed by atoms with Crippen molar-refractivity contribution in [3.8, 4) is 0 Å². The third-order valence-electron chi connectivity index (χ3n) is 1.81. The fourth-order valence-electron chi connectivity index (χ4n) is 0.989. The Morgan fingerprint density at radius 2 is 2.08 bits per heavy atom. The summed E-state index contributed by atoms with van der Waals surface area (Å²) < 4.78 is 0. The molecule has 0 atom stereocenters. The van der Waals surface area contributed by atoms with Gasteiger partial charge in [-0.2, -0.15) is 12.6 Å². The summed E-state index contributed by atoms with van der Waals surface area (Å²) >= 11 is 4.17. The van der Waals surface area contributed by atoms with Gasteiger partial charge in [-0.1, -0.05) is 26.0 Å². The molecule has 0 aromatic heterocycles. The van der Waals surface area contributed by atoms with Crippen LogP contribution in [0.1, 0.15) is 20.3 Å². The van der Waals surface area contributed by atoms with E-state index in [0.717, 1.165) is 24.8 Å². The van der Waals surface area contributed by atoms with Gasteiger partial charge in [-0.25, -0.2) is 0 Å². The molecule has 0 spiro atoms. The second-order valence-corrected chi connectivity index (χ2v) is 4.14. The molecule has 0 rings (SSSR count). The van der Waals surface area contributed by atoms with E-state index < -0.39 is 0 Å². The molecule has 0 aliphatic heterocycles. The highest BCUT2D eigenvalue weighted by molar-refractivity contribution is 7.80. The molecule has 0 bridgehead atoms. The lowest BCUT2D eigenvalue weighted by Gasteiger charge is -2.18. The first kappa shape index (κ1) is 12.0. The number of rotatable bonds is 6. The van der Waals surface area contributed by atoms with Crippen molar-refractivity contribution in [3.63, 3.8) is 0 Å². The highest BCUT2D eigenvalue weighted by atomic mass is 32.1. The summed E-state index contributed by atoms with van der Waals surface area (Å²) in [5.41, 5.74) is 1.20. The lowest BCUT2D eigenvalue weighted by Crippen LogP contribution is -2.23. The third-order valence-corrected chi connectivity index (χ3v) is 2.25. The second kappa shape index (κ2) is 6.55. The first-order valence-electron chi connectivity index (χ1n) is 4.52. The summed E-state index contributed by atoms with van der Waals surface area (Å²) in [6, 6.07) is 0. The molecule has 12 heavy (non-hydrogen) atoms. The van der Waals surface area contributed by atoms with Gasteiger partial charge < -0.3 is 4.90 Å². The first-order valence-corrected chi connectivity index (χ1v) is 5.15. The number of nitrogens with zero attached hydrogens (tertiary/aromatic N) is 1. The maximum atomic E-state index is 4.17. The minimum absolute atomic E-state index is 0.789. The Labute approximate surface area is 82.2 Å². The van der Waals surface area contributed by atoms with Gasteiger partial charge in [-0.3, -0.25) is 0 Å². The normalized spacial score (nSPS) is 11.2. The van der Waals surface area contributed by atoms with Gasteiger partial charge >= 0.3 is 0 Å². The molecule has 0 aliphatic carbocycles. The van der Waals surface area contributed by atoms with Crippen molar-refractivity contribution in [1.29, 1.82) is 0 Å². The Kier molecular flexibility index (Phi) is 6.58. The summed E-state index contributed by atoms with van der Waals surface area (Å²) in [4.78, 5) is 2.30. The Morgan fingerprint density at radius 3 is 2.50 bits per heavy atom. The van der Waals surface area contributed by atoms with Crippen LogP contribution in [0.15, 0.2) is 12.2 Å². The van der Waals surface area contributed by atoms with Crippen molar-refractivity contribution in [3.05, 3.63) is 12.2 Å². The van der Waals surface area contributed by atoms with Crippen LogP contribution in [0, 0.1) is 5.92 Å². The average molecular weight is 187 g/mol. The number of hydrogen-bond acceptors (Lipinski definition) is 2. The largest absolute Gasteiger partial charge is 0.302 e. The Morgan fingerprint density at radius 1 is 1.50 bits per heavy atom. The fourth-order valence-corrected chi connectivity index (χ4v) is 1.09. The molecule has 0 aromatic rings. The van der Waals surface area contributed by atoms with E-state index in [1.54, 1.807) is 0 Å². The van der Waals surface area contributed by atoms with Crippen LogP contribution in [-0.4, -0.2) is 30.8 Å². The maximum absolute atomic E-state index is 4.17. The summed E-state index contributed by atoms with van der Waals surface area (Å²) in [6.45, 7) is 10.6. The SMILES string of the molecule is C=C(CS)CN(C)CCC(C)C. The zero-order chi connectivity index (χ0) is 9.56. The van der Waals surface area contributed by atoms with E-state index >= 15 is 0 Å². The van der Waals surface area contributed by atoms with Gasteiger partial charge in [0.25, 0.3) is 0 Å². The molecule has 0 saturated heterocycles. The van der Waals surface area contributed by atoms with Gasteiger partial charge in [-0.15, -0.1) is 0 Å². The van der Waals surface area contributed by atoms with Crippen molar-refractivity contribution in [1.82, 2.24) is 4.90 Å². The number of likely N-dealkylation sites (N-methyl/N-ethyl adjacent to an activating group) is 1. The molecule has 0 heterocycles. The smallest absolute Gasteiger partial charge is 0.0195 e. The zero-order valence-corrected chi connectivity index (χ0v) is 9.40. The van der Waals surface area contributed by atoms with Crippen LogP contribution < -0.4 is 0 Å². The van der Waals surface area contributed by atoms with E-state index in [2.05, 4.69) is 45.0 Å². The van der Waals surface area contributed by atoms with Gasteiger partial charge in [-0.05, 0) is 25.9 Å². The van der Waals surface area contributed by atoms with Crippen LogP contribution in [0.5, 0.6) is 0 Å². The van der Waals surface area contributed by atoms with Gasteiger partial charge in [0.1, 0.15) is 0 Å². The monoisotopic (exact) mass is 187 g/mol. The van der Waals surface area contributed by atoms with Crippen LogP contribution in [-0.2, 0) is 0 Å². The zero-order valence-electron chi connectivity index (χ0n) is 8.51. The lowest BCUT2D eigenvalue weighted by molar-refractivity contribution is 0.334. The van der Waals surface area contributed by atoms with Gasteiger partial charge in [0.2, 0.25) is 0 Å². The molecule has 2 heteroatoms. The van der Waals surface area contributed by atoms with E-state index in [1.165, 1.54) is 12.0 Å². The molecular formula is C10H21NS. The van der Waals surface area contributed by atoms with Crippen molar-refractivity contribution in [2.45, 2.75) is 20.3 Å². The number of thiol groups is 1. The quantitative estimate of drug-likeness (QED) is 0.494.